The highest BCUT2D eigenvalue weighted by atomic mass is 19.1. The number of benzene rings is 1. The maximum atomic E-state index is 13.1. The van der Waals surface area contributed by atoms with Gasteiger partial charge < -0.3 is 10.2 Å². The third-order valence-electron chi connectivity index (χ3n) is 4.55. The van der Waals surface area contributed by atoms with Gasteiger partial charge in [-0.2, -0.15) is 0 Å². The summed E-state index contributed by atoms with van der Waals surface area (Å²) < 4.78 is 13.1. The molecule has 0 aliphatic carbocycles. The molecule has 4 nitrogen and oxygen atoms in total. The van der Waals surface area contributed by atoms with Crippen molar-refractivity contribution >= 4 is 5.91 Å². The van der Waals surface area contributed by atoms with Gasteiger partial charge in [0.15, 0.2) is 0 Å². The topological polar surface area (TPSA) is 45.2 Å². The molecule has 0 radical (unpaired) electrons. The van der Waals surface area contributed by atoms with Crippen molar-refractivity contribution in [2.75, 3.05) is 19.6 Å². The van der Waals surface area contributed by atoms with Crippen LogP contribution in [0.3, 0.4) is 0 Å². The Kier molecular flexibility index (Phi) is 5.20. The largest absolute Gasteiger partial charge is 0.333 e. The minimum atomic E-state index is -0.254. The summed E-state index contributed by atoms with van der Waals surface area (Å²) in [7, 11) is 0. The lowest BCUT2D eigenvalue weighted by atomic mass is 9.96. The lowest BCUT2D eigenvalue weighted by Crippen LogP contribution is -2.48. The van der Waals surface area contributed by atoms with Gasteiger partial charge in [0.25, 0.3) is 0 Å². The van der Waals surface area contributed by atoms with Crippen molar-refractivity contribution in [3.8, 4) is 0 Å². The van der Waals surface area contributed by atoms with Gasteiger partial charge >= 0.3 is 0 Å². The first-order valence-electron chi connectivity index (χ1n) is 8.30. The number of halogens is 1. The molecule has 1 aliphatic heterocycles. The number of carbonyl (C=O) groups is 1. The van der Waals surface area contributed by atoms with Crippen molar-refractivity contribution in [2.24, 2.45) is 0 Å². The molecular formula is C19H22FN3O. The van der Waals surface area contributed by atoms with Crippen LogP contribution >= 0.6 is 0 Å². The Bertz CT molecular complexity index is 675. The molecule has 2 atom stereocenters. The van der Waals surface area contributed by atoms with E-state index in [0.29, 0.717) is 13.0 Å². The van der Waals surface area contributed by atoms with Gasteiger partial charge in [0.05, 0.1) is 6.04 Å². The number of amides is 1. The lowest BCUT2D eigenvalue weighted by Gasteiger charge is -2.37. The second-order valence-corrected chi connectivity index (χ2v) is 6.25. The Morgan fingerprint density at radius 1 is 1.38 bits per heavy atom. The number of aromatic nitrogens is 1. The molecule has 1 aromatic heterocycles. The third-order valence-corrected chi connectivity index (χ3v) is 4.55. The van der Waals surface area contributed by atoms with E-state index in [0.717, 1.165) is 24.2 Å². The standard InChI is InChI=1S/C19H22FN3O/c1-14(15-4-6-17(20)7-5-15)11-19(24)23-10-9-22-13-18(23)16-3-2-8-21-12-16/h2-8,12,14,18,22H,9-11,13H2,1H3. The molecule has 0 spiro atoms. The number of rotatable bonds is 4. The molecule has 1 aromatic carbocycles. The number of nitrogens with zero attached hydrogens (tertiary/aromatic N) is 2. The maximum absolute atomic E-state index is 13.1. The molecule has 5 heteroatoms. The van der Waals surface area contributed by atoms with Gasteiger partial charge in [-0.1, -0.05) is 25.1 Å². The summed E-state index contributed by atoms with van der Waals surface area (Å²) in [5, 5.41) is 3.35. The highest BCUT2D eigenvalue weighted by Crippen LogP contribution is 2.26. The van der Waals surface area contributed by atoms with Gasteiger partial charge in [0, 0.05) is 38.4 Å². The number of nitrogens with one attached hydrogen (secondary N) is 1. The van der Waals surface area contributed by atoms with E-state index >= 15 is 0 Å². The summed E-state index contributed by atoms with van der Waals surface area (Å²) in [4.78, 5) is 18.9. The normalized spacial score (nSPS) is 19.1. The average molecular weight is 327 g/mol. The Morgan fingerprint density at radius 3 is 2.88 bits per heavy atom. The zero-order valence-corrected chi connectivity index (χ0v) is 13.8. The lowest BCUT2D eigenvalue weighted by molar-refractivity contribution is -0.134. The molecule has 24 heavy (non-hydrogen) atoms. The zero-order valence-electron chi connectivity index (χ0n) is 13.8. The number of pyridine rings is 1. The molecule has 0 saturated carbocycles. The van der Waals surface area contributed by atoms with Crippen molar-refractivity contribution in [1.82, 2.24) is 15.2 Å². The molecule has 2 heterocycles. The summed E-state index contributed by atoms with van der Waals surface area (Å²) in [5.74, 6) is -0.0688. The highest BCUT2D eigenvalue weighted by molar-refractivity contribution is 5.77. The fourth-order valence-corrected chi connectivity index (χ4v) is 3.16. The molecule has 2 aromatic rings. The van der Waals surface area contributed by atoms with E-state index in [1.165, 1.54) is 12.1 Å². The Morgan fingerprint density at radius 2 is 2.17 bits per heavy atom. The van der Waals surface area contributed by atoms with Crippen molar-refractivity contribution in [3.63, 3.8) is 0 Å². The van der Waals surface area contributed by atoms with Crippen LogP contribution in [0, 0.1) is 5.82 Å². The van der Waals surface area contributed by atoms with Gasteiger partial charge in [0.2, 0.25) is 5.91 Å². The Hall–Kier alpha value is -2.27. The molecule has 0 bridgehead atoms. The third kappa shape index (κ3) is 3.79. The van der Waals surface area contributed by atoms with Gasteiger partial charge in [-0.25, -0.2) is 4.39 Å². The number of hydrogen-bond donors (Lipinski definition) is 1. The van der Waals surface area contributed by atoms with E-state index in [4.69, 9.17) is 0 Å². The van der Waals surface area contributed by atoms with Crippen LogP contribution in [0.5, 0.6) is 0 Å². The number of carbonyl (C=O) groups excluding carboxylic acids is 1. The Balaban J connectivity index is 1.71. The van der Waals surface area contributed by atoms with Gasteiger partial charge in [-0.3, -0.25) is 9.78 Å². The summed E-state index contributed by atoms with van der Waals surface area (Å²) in [6, 6.07) is 10.3. The van der Waals surface area contributed by atoms with Gasteiger partial charge in [-0.05, 0) is 35.2 Å². The minimum Gasteiger partial charge on any atom is -0.333 e. The molecule has 126 valence electrons. The van der Waals surface area contributed by atoms with Crippen LogP contribution < -0.4 is 5.32 Å². The van der Waals surface area contributed by atoms with E-state index in [1.54, 1.807) is 18.3 Å². The van der Waals surface area contributed by atoms with Crippen LogP contribution in [0.2, 0.25) is 0 Å². The summed E-state index contributed by atoms with van der Waals surface area (Å²) in [6.45, 7) is 4.23. The average Bonchev–Trinajstić information content (AvgIpc) is 2.63. The predicted octanol–water partition coefficient (Wildman–Crippen LogP) is 2.89. The van der Waals surface area contributed by atoms with Crippen molar-refractivity contribution in [1.29, 1.82) is 0 Å². The second-order valence-electron chi connectivity index (χ2n) is 6.25. The van der Waals surface area contributed by atoms with E-state index in [-0.39, 0.29) is 23.7 Å². The molecule has 1 N–H and O–H groups in total. The monoisotopic (exact) mass is 327 g/mol. The van der Waals surface area contributed by atoms with Crippen LogP contribution in [0.4, 0.5) is 4.39 Å². The van der Waals surface area contributed by atoms with Crippen molar-refractivity contribution in [3.05, 3.63) is 65.7 Å². The molecule has 1 fully saturated rings. The van der Waals surface area contributed by atoms with E-state index in [2.05, 4.69) is 10.3 Å². The fraction of sp³-hybridized carbons (Fsp3) is 0.368. The van der Waals surface area contributed by atoms with E-state index in [9.17, 15) is 9.18 Å². The first kappa shape index (κ1) is 16.6. The van der Waals surface area contributed by atoms with Crippen LogP contribution in [0.25, 0.3) is 0 Å². The molecule has 2 unspecified atom stereocenters. The first-order valence-corrected chi connectivity index (χ1v) is 8.30. The quantitative estimate of drug-likeness (QED) is 0.939. The predicted molar refractivity (Wildman–Crippen MR) is 91.0 cm³/mol. The number of hydrogen-bond acceptors (Lipinski definition) is 3. The summed E-state index contributed by atoms with van der Waals surface area (Å²) >= 11 is 0. The summed E-state index contributed by atoms with van der Waals surface area (Å²) in [5.41, 5.74) is 2.03. The SMILES string of the molecule is CC(CC(=O)N1CCNCC1c1cccnc1)c1ccc(F)cc1. The fourth-order valence-electron chi connectivity index (χ4n) is 3.16. The molecule has 3 rings (SSSR count). The number of piperazine rings is 1. The van der Waals surface area contributed by atoms with Crippen molar-refractivity contribution < 1.29 is 9.18 Å². The van der Waals surface area contributed by atoms with Crippen molar-refractivity contribution in [2.45, 2.75) is 25.3 Å². The molecule has 1 amide bonds. The van der Waals surface area contributed by atoms with Crippen LogP contribution in [0.15, 0.2) is 48.8 Å². The Labute approximate surface area is 141 Å². The van der Waals surface area contributed by atoms with Crippen LogP contribution in [0.1, 0.15) is 36.4 Å². The first-order chi connectivity index (χ1) is 11.6. The second kappa shape index (κ2) is 7.53. The molecule has 1 aliphatic rings. The summed E-state index contributed by atoms with van der Waals surface area (Å²) in [6.07, 6.45) is 3.98. The van der Waals surface area contributed by atoms with Crippen LogP contribution in [-0.4, -0.2) is 35.4 Å². The van der Waals surface area contributed by atoms with E-state index < -0.39 is 0 Å². The van der Waals surface area contributed by atoms with Gasteiger partial charge in [-0.15, -0.1) is 0 Å². The minimum absolute atomic E-state index is 0.0142. The maximum Gasteiger partial charge on any atom is 0.223 e. The molecule has 1 saturated heterocycles. The van der Waals surface area contributed by atoms with Crippen LogP contribution in [-0.2, 0) is 4.79 Å². The highest BCUT2D eigenvalue weighted by Gasteiger charge is 2.28. The smallest absolute Gasteiger partial charge is 0.223 e. The zero-order chi connectivity index (χ0) is 16.9. The molecular weight excluding hydrogens is 305 g/mol. The van der Waals surface area contributed by atoms with E-state index in [1.807, 2.05) is 30.2 Å². The van der Waals surface area contributed by atoms with Gasteiger partial charge in [0.1, 0.15) is 5.82 Å².